The molecule has 0 spiro atoms. The summed E-state index contributed by atoms with van der Waals surface area (Å²) in [5, 5.41) is 3.87. The Hall–Kier alpha value is -2.34. The van der Waals surface area contributed by atoms with E-state index in [-0.39, 0.29) is 34.7 Å². The van der Waals surface area contributed by atoms with Gasteiger partial charge in [0.25, 0.3) is 0 Å². The van der Waals surface area contributed by atoms with Crippen LogP contribution in [0.1, 0.15) is 17.8 Å². The lowest BCUT2D eigenvalue weighted by Crippen LogP contribution is -2.41. The first kappa shape index (κ1) is 22.8. The van der Waals surface area contributed by atoms with Crippen LogP contribution in [-0.4, -0.2) is 51.4 Å². The molecule has 1 fully saturated rings. The summed E-state index contributed by atoms with van der Waals surface area (Å²) in [5.41, 5.74) is 1.50. The van der Waals surface area contributed by atoms with Gasteiger partial charge in [0.15, 0.2) is 9.84 Å². The second-order valence-electron chi connectivity index (χ2n) is 7.83. The van der Waals surface area contributed by atoms with Crippen LogP contribution in [0.15, 0.2) is 52.3 Å². The molecule has 0 unspecified atom stereocenters. The van der Waals surface area contributed by atoms with Gasteiger partial charge < -0.3 is 5.32 Å². The van der Waals surface area contributed by atoms with Gasteiger partial charge in [-0.2, -0.15) is 4.31 Å². The molecule has 2 aromatic carbocycles. The molecule has 11 heteroatoms. The lowest BCUT2D eigenvalue weighted by Gasteiger charge is -2.30. The Balaban J connectivity index is 1.42. The van der Waals surface area contributed by atoms with Crippen LogP contribution in [0.2, 0.25) is 0 Å². The van der Waals surface area contributed by atoms with Gasteiger partial charge in [0, 0.05) is 31.0 Å². The van der Waals surface area contributed by atoms with Crippen molar-refractivity contribution in [1.82, 2.24) is 9.29 Å². The van der Waals surface area contributed by atoms with E-state index >= 15 is 0 Å². The fourth-order valence-electron chi connectivity index (χ4n) is 3.74. The molecule has 0 bridgehead atoms. The minimum atomic E-state index is -3.84. The number of rotatable bonds is 5. The molecule has 1 amide bonds. The first-order valence-electron chi connectivity index (χ1n) is 10.0. The molecule has 4 rings (SSSR count). The van der Waals surface area contributed by atoms with E-state index in [2.05, 4.69) is 10.3 Å². The van der Waals surface area contributed by atoms with E-state index in [4.69, 9.17) is 0 Å². The Labute approximate surface area is 191 Å². The van der Waals surface area contributed by atoms with Crippen molar-refractivity contribution in [3.63, 3.8) is 0 Å². The van der Waals surface area contributed by atoms with Crippen LogP contribution in [0.3, 0.4) is 0 Å². The number of nitrogens with one attached hydrogen (secondary N) is 1. The number of nitrogens with zero attached hydrogens (tertiary/aromatic N) is 2. The monoisotopic (exact) mass is 493 g/mol. The summed E-state index contributed by atoms with van der Waals surface area (Å²) in [4.78, 5) is 17.1. The number of aryl methyl sites for hydroxylation is 1. The zero-order valence-corrected chi connectivity index (χ0v) is 20.1. The van der Waals surface area contributed by atoms with Crippen molar-refractivity contribution >= 4 is 53.0 Å². The fourth-order valence-corrected chi connectivity index (χ4v) is 6.80. The van der Waals surface area contributed by atoms with Crippen LogP contribution < -0.4 is 5.32 Å². The van der Waals surface area contributed by atoms with Crippen LogP contribution in [0.5, 0.6) is 0 Å². The molecule has 3 aromatic rings. The summed E-state index contributed by atoms with van der Waals surface area (Å²) in [6, 6.07) is 11.0. The van der Waals surface area contributed by atoms with Gasteiger partial charge in [-0.25, -0.2) is 21.8 Å². The molecule has 170 valence electrons. The molecule has 1 saturated heterocycles. The largest absolute Gasteiger partial charge is 0.326 e. The maximum Gasteiger partial charge on any atom is 0.243 e. The summed E-state index contributed by atoms with van der Waals surface area (Å²) in [5.74, 6) is -0.455. The van der Waals surface area contributed by atoms with Gasteiger partial charge >= 0.3 is 0 Å². The predicted molar refractivity (Wildman–Crippen MR) is 124 cm³/mol. The maximum absolute atomic E-state index is 13.0. The minimum absolute atomic E-state index is 0.0416. The molecule has 2 heterocycles. The highest BCUT2D eigenvalue weighted by molar-refractivity contribution is 7.91. The van der Waals surface area contributed by atoms with Crippen molar-refractivity contribution in [3.8, 4) is 0 Å². The molecular weight excluding hydrogens is 470 g/mol. The number of amides is 1. The highest BCUT2D eigenvalue weighted by atomic mass is 32.2. The zero-order valence-electron chi connectivity index (χ0n) is 17.6. The van der Waals surface area contributed by atoms with E-state index in [1.165, 1.54) is 28.6 Å². The number of piperidine rings is 1. The van der Waals surface area contributed by atoms with Crippen LogP contribution in [0.25, 0.3) is 10.2 Å². The highest BCUT2D eigenvalue weighted by Crippen LogP contribution is 2.28. The third kappa shape index (κ3) is 4.70. The maximum atomic E-state index is 13.0. The topological polar surface area (TPSA) is 114 Å². The highest BCUT2D eigenvalue weighted by Gasteiger charge is 2.32. The molecule has 32 heavy (non-hydrogen) atoms. The van der Waals surface area contributed by atoms with E-state index in [1.807, 2.05) is 25.1 Å². The number of hydrogen-bond acceptors (Lipinski definition) is 7. The van der Waals surface area contributed by atoms with Gasteiger partial charge in [-0.05, 0) is 56.2 Å². The van der Waals surface area contributed by atoms with E-state index < -0.39 is 19.9 Å². The Morgan fingerprint density at radius 3 is 2.44 bits per heavy atom. The SMILES string of the molecule is Cc1nc2cc(NC(=O)C3CCN(S(=O)(=O)c4cccc(S(C)(=O)=O)c4)CC3)ccc2s1. The third-order valence-corrected chi connectivity index (χ3v) is 9.41. The molecule has 0 aliphatic carbocycles. The number of hydrogen-bond donors (Lipinski definition) is 1. The molecule has 1 aromatic heterocycles. The number of benzene rings is 2. The smallest absolute Gasteiger partial charge is 0.243 e. The molecule has 1 N–H and O–H groups in total. The van der Waals surface area contributed by atoms with Crippen molar-refractivity contribution in [2.24, 2.45) is 5.92 Å². The Bertz CT molecular complexity index is 1390. The Morgan fingerprint density at radius 2 is 1.75 bits per heavy atom. The first-order chi connectivity index (χ1) is 15.0. The van der Waals surface area contributed by atoms with E-state index in [1.54, 1.807) is 11.3 Å². The first-order valence-corrected chi connectivity index (χ1v) is 14.2. The van der Waals surface area contributed by atoms with Crippen molar-refractivity contribution < 1.29 is 21.6 Å². The molecule has 0 saturated carbocycles. The average molecular weight is 494 g/mol. The van der Waals surface area contributed by atoms with Gasteiger partial charge in [-0.15, -0.1) is 11.3 Å². The number of sulfonamides is 1. The molecule has 8 nitrogen and oxygen atoms in total. The van der Waals surface area contributed by atoms with Crippen LogP contribution in [-0.2, 0) is 24.7 Å². The van der Waals surface area contributed by atoms with Gasteiger partial charge in [0.05, 0.1) is 25.0 Å². The summed E-state index contributed by atoms with van der Waals surface area (Å²) >= 11 is 1.59. The van der Waals surface area contributed by atoms with Gasteiger partial charge in [-0.1, -0.05) is 6.07 Å². The molecular formula is C21H23N3O5S3. The average Bonchev–Trinajstić information content (AvgIpc) is 3.12. The second-order valence-corrected chi connectivity index (χ2v) is 13.0. The number of sulfone groups is 1. The summed E-state index contributed by atoms with van der Waals surface area (Å²) < 4.78 is 51.9. The van der Waals surface area contributed by atoms with Crippen LogP contribution in [0.4, 0.5) is 5.69 Å². The molecule has 0 atom stereocenters. The van der Waals surface area contributed by atoms with Crippen molar-refractivity contribution in [2.45, 2.75) is 29.6 Å². The Morgan fingerprint density at radius 1 is 1.06 bits per heavy atom. The van der Waals surface area contributed by atoms with Crippen molar-refractivity contribution in [3.05, 3.63) is 47.5 Å². The normalized spacial score (nSPS) is 16.3. The fraction of sp³-hybridized carbons (Fsp3) is 0.333. The zero-order chi connectivity index (χ0) is 23.1. The molecule has 1 aliphatic heterocycles. The molecule has 0 radical (unpaired) electrons. The lowest BCUT2D eigenvalue weighted by atomic mass is 9.97. The van der Waals surface area contributed by atoms with Gasteiger partial charge in [0.1, 0.15) is 0 Å². The van der Waals surface area contributed by atoms with Crippen LogP contribution in [0, 0.1) is 12.8 Å². The Kier molecular flexibility index (Phi) is 6.10. The number of carbonyl (C=O) groups excluding carboxylic acids is 1. The quantitative estimate of drug-likeness (QED) is 0.584. The number of aromatic nitrogens is 1. The standard InChI is InChI=1S/C21H23N3O5S3/c1-14-22-19-12-16(6-7-20(19)30-14)23-21(25)15-8-10-24(11-9-15)32(28,29)18-5-3-4-17(13-18)31(2,26)27/h3-7,12-13,15H,8-11H2,1-2H3,(H,23,25). The van der Waals surface area contributed by atoms with Crippen molar-refractivity contribution in [2.75, 3.05) is 24.7 Å². The molecule has 1 aliphatic rings. The second kappa shape index (κ2) is 8.54. The number of anilines is 1. The minimum Gasteiger partial charge on any atom is -0.326 e. The number of thiazole rings is 1. The summed E-state index contributed by atoms with van der Waals surface area (Å²) in [6.45, 7) is 2.31. The van der Waals surface area contributed by atoms with Crippen molar-refractivity contribution in [1.29, 1.82) is 0 Å². The van der Waals surface area contributed by atoms with E-state index in [9.17, 15) is 21.6 Å². The van der Waals surface area contributed by atoms with E-state index in [0.717, 1.165) is 21.5 Å². The number of fused-ring (bicyclic) bond motifs is 1. The predicted octanol–water partition coefficient (Wildman–Crippen LogP) is 3.05. The third-order valence-electron chi connectivity index (χ3n) is 5.46. The number of carbonyl (C=O) groups is 1. The summed E-state index contributed by atoms with van der Waals surface area (Å²) in [6.07, 6.45) is 1.81. The van der Waals surface area contributed by atoms with Crippen LogP contribution >= 0.6 is 11.3 Å². The summed E-state index contributed by atoms with van der Waals surface area (Å²) in [7, 11) is -7.36. The lowest BCUT2D eigenvalue weighted by molar-refractivity contribution is -0.120. The van der Waals surface area contributed by atoms with Gasteiger partial charge in [0.2, 0.25) is 15.9 Å². The van der Waals surface area contributed by atoms with Gasteiger partial charge in [-0.3, -0.25) is 4.79 Å². The van der Waals surface area contributed by atoms with E-state index in [0.29, 0.717) is 18.5 Å².